The lowest BCUT2D eigenvalue weighted by atomic mass is 9.87. The zero-order chi connectivity index (χ0) is 14.8. The van der Waals surface area contributed by atoms with E-state index in [-0.39, 0.29) is 10.9 Å². The van der Waals surface area contributed by atoms with Crippen molar-refractivity contribution < 1.29 is 8.42 Å². The van der Waals surface area contributed by atoms with E-state index in [1.165, 1.54) is 31.7 Å². The molecular weight excluding hydrogens is 272 g/mol. The Balaban J connectivity index is 2.04. The van der Waals surface area contributed by atoms with Crippen molar-refractivity contribution in [1.29, 1.82) is 0 Å². The SMILES string of the molecule is CC1CCC(NC(C)c2cccc(S(N)(=O)=O)c2)CC1. The largest absolute Gasteiger partial charge is 0.307 e. The van der Waals surface area contributed by atoms with Gasteiger partial charge in [-0.1, -0.05) is 19.1 Å². The van der Waals surface area contributed by atoms with Gasteiger partial charge in [-0.15, -0.1) is 0 Å². The Hall–Kier alpha value is -0.910. The van der Waals surface area contributed by atoms with Crippen molar-refractivity contribution in [3.8, 4) is 0 Å². The van der Waals surface area contributed by atoms with Crippen LogP contribution in [0.25, 0.3) is 0 Å². The lowest BCUT2D eigenvalue weighted by molar-refractivity contribution is 0.291. The molecule has 1 aromatic rings. The van der Waals surface area contributed by atoms with Crippen LogP contribution in [-0.4, -0.2) is 14.5 Å². The van der Waals surface area contributed by atoms with Gasteiger partial charge in [0.25, 0.3) is 0 Å². The van der Waals surface area contributed by atoms with Gasteiger partial charge in [0.15, 0.2) is 0 Å². The van der Waals surface area contributed by atoms with Gasteiger partial charge in [0.1, 0.15) is 0 Å². The summed E-state index contributed by atoms with van der Waals surface area (Å²) in [4.78, 5) is 0.181. The minimum absolute atomic E-state index is 0.134. The van der Waals surface area contributed by atoms with Gasteiger partial charge in [-0.25, -0.2) is 13.6 Å². The molecule has 1 aliphatic rings. The van der Waals surface area contributed by atoms with E-state index >= 15 is 0 Å². The lowest BCUT2D eigenvalue weighted by Gasteiger charge is -2.30. The lowest BCUT2D eigenvalue weighted by Crippen LogP contribution is -2.34. The fourth-order valence-electron chi connectivity index (χ4n) is 2.84. The Morgan fingerprint density at radius 1 is 1.25 bits per heavy atom. The van der Waals surface area contributed by atoms with Crippen LogP contribution in [0, 0.1) is 5.92 Å². The van der Waals surface area contributed by atoms with Gasteiger partial charge in [0, 0.05) is 12.1 Å². The monoisotopic (exact) mass is 296 g/mol. The van der Waals surface area contributed by atoms with Crippen LogP contribution in [0.1, 0.15) is 51.1 Å². The second kappa shape index (κ2) is 6.24. The molecule has 112 valence electrons. The topological polar surface area (TPSA) is 72.2 Å². The second-order valence-electron chi connectivity index (χ2n) is 5.96. The van der Waals surface area contributed by atoms with Crippen molar-refractivity contribution in [2.45, 2.75) is 56.5 Å². The normalized spacial score (nSPS) is 25.4. The van der Waals surface area contributed by atoms with E-state index in [1.54, 1.807) is 12.1 Å². The third kappa shape index (κ3) is 4.04. The maximum atomic E-state index is 11.4. The van der Waals surface area contributed by atoms with E-state index in [1.807, 2.05) is 6.07 Å². The summed E-state index contributed by atoms with van der Waals surface area (Å²) in [6, 6.07) is 7.55. The van der Waals surface area contributed by atoms with E-state index in [0.717, 1.165) is 11.5 Å². The number of primary sulfonamides is 1. The van der Waals surface area contributed by atoms with E-state index < -0.39 is 10.0 Å². The molecule has 20 heavy (non-hydrogen) atoms. The van der Waals surface area contributed by atoms with Gasteiger partial charge >= 0.3 is 0 Å². The van der Waals surface area contributed by atoms with E-state index in [9.17, 15) is 8.42 Å². The van der Waals surface area contributed by atoms with Crippen molar-refractivity contribution >= 4 is 10.0 Å². The third-order valence-electron chi connectivity index (χ3n) is 4.19. The third-order valence-corrected chi connectivity index (χ3v) is 5.10. The Labute approximate surface area is 121 Å². The maximum absolute atomic E-state index is 11.4. The van der Waals surface area contributed by atoms with Gasteiger partial charge in [0.05, 0.1) is 4.90 Å². The summed E-state index contributed by atoms with van der Waals surface area (Å²) in [5, 5.41) is 8.78. The molecule has 4 nitrogen and oxygen atoms in total. The van der Waals surface area contributed by atoms with Gasteiger partial charge in [-0.2, -0.15) is 0 Å². The first kappa shape index (κ1) is 15.5. The molecule has 1 unspecified atom stereocenters. The number of nitrogens with two attached hydrogens (primary N) is 1. The molecule has 0 aromatic heterocycles. The van der Waals surface area contributed by atoms with Crippen molar-refractivity contribution in [2.75, 3.05) is 0 Å². The Bertz CT molecular complexity index is 549. The summed E-state index contributed by atoms with van der Waals surface area (Å²) in [7, 11) is -3.63. The average molecular weight is 296 g/mol. The minimum Gasteiger partial charge on any atom is -0.307 e. The first-order valence-corrected chi connectivity index (χ1v) is 8.79. The van der Waals surface area contributed by atoms with Crippen LogP contribution in [0.4, 0.5) is 0 Å². The van der Waals surface area contributed by atoms with Crippen LogP contribution in [0.3, 0.4) is 0 Å². The number of nitrogens with one attached hydrogen (secondary N) is 1. The molecule has 1 saturated carbocycles. The average Bonchev–Trinajstić information content (AvgIpc) is 2.40. The molecule has 0 spiro atoms. The summed E-state index contributed by atoms with van der Waals surface area (Å²) in [5.74, 6) is 0.828. The highest BCUT2D eigenvalue weighted by Crippen LogP contribution is 2.26. The first-order valence-electron chi connectivity index (χ1n) is 7.25. The molecule has 0 radical (unpaired) electrons. The smallest absolute Gasteiger partial charge is 0.238 e. The molecule has 5 heteroatoms. The zero-order valence-corrected chi connectivity index (χ0v) is 13.0. The highest BCUT2D eigenvalue weighted by Gasteiger charge is 2.20. The fourth-order valence-corrected chi connectivity index (χ4v) is 3.41. The molecule has 1 atom stereocenters. The number of hydrogen-bond donors (Lipinski definition) is 2. The number of rotatable bonds is 4. The number of sulfonamides is 1. The van der Waals surface area contributed by atoms with Gasteiger partial charge in [0.2, 0.25) is 10.0 Å². The van der Waals surface area contributed by atoms with E-state index in [0.29, 0.717) is 6.04 Å². The van der Waals surface area contributed by atoms with Crippen LogP contribution in [0.15, 0.2) is 29.2 Å². The Morgan fingerprint density at radius 3 is 2.50 bits per heavy atom. The molecule has 3 N–H and O–H groups in total. The Kier molecular flexibility index (Phi) is 4.83. The maximum Gasteiger partial charge on any atom is 0.238 e. The van der Waals surface area contributed by atoms with Crippen molar-refractivity contribution in [1.82, 2.24) is 5.32 Å². The molecule has 0 saturated heterocycles. The Morgan fingerprint density at radius 2 is 1.90 bits per heavy atom. The number of benzene rings is 1. The predicted molar refractivity (Wildman–Crippen MR) is 80.8 cm³/mol. The molecular formula is C15H24N2O2S. The summed E-state index contributed by atoms with van der Waals surface area (Å²) in [6.45, 7) is 4.37. The summed E-state index contributed by atoms with van der Waals surface area (Å²) < 4.78 is 22.8. The first-order chi connectivity index (χ1) is 9.36. The second-order valence-corrected chi connectivity index (χ2v) is 7.52. The molecule has 1 fully saturated rings. The fraction of sp³-hybridized carbons (Fsp3) is 0.600. The zero-order valence-electron chi connectivity index (χ0n) is 12.2. The molecule has 0 amide bonds. The minimum atomic E-state index is -3.63. The van der Waals surface area contributed by atoms with Crippen LogP contribution >= 0.6 is 0 Å². The van der Waals surface area contributed by atoms with Crippen molar-refractivity contribution in [2.24, 2.45) is 11.1 Å². The molecule has 1 aliphatic carbocycles. The predicted octanol–water partition coefficient (Wildman–Crippen LogP) is 2.56. The van der Waals surface area contributed by atoms with Crippen LogP contribution in [0.2, 0.25) is 0 Å². The van der Waals surface area contributed by atoms with Crippen LogP contribution < -0.4 is 10.5 Å². The van der Waals surface area contributed by atoms with E-state index in [4.69, 9.17) is 5.14 Å². The van der Waals surface area contributed by atoms with E-state index in [2.05, 4.69) is 19.2 Å². The highest BCUT2D eigenvalue weighted by atomic mass is 32.2. The summed E-state index contributed by atoms with van der Waals surface area (Å²) >= 11 is 0. The number of hydrogen-bond acceptors (Lipinski definition) is 3. The molecule has 0 aliphatic heterocycles. The van der Waals surface area contributed by atoms with Crippen molar-refractivity contribution in [3.05, 3.63) is 29.8 Å². The molecule has 0 bridgehead atoms. The van der Waals surface area contributed by atoms with Crippen LogP contribution in [-0.2, 0) is 10.0 Å². The molecule has 2 rings (SSSR count). The highest BCUT2D eigenvalue weighted by molar-refractivity contribution is 7.89. The van der Waals surface area contributed by atoms with Gasteiger partial charge in [-0.05, 0) is 56.2 Å². The summed E-state index contributed by atoms with van der Waals surface area (Å²) in [5.41, 5.74) is 0.968. The molecule has 1 aromatic carbocycles. The summed E-state index contributed by atoms with van der Waals surface area (Å²) in [6.07, 6.45) is 4.92. The molecule has 0 heterocycles. The van der Waals surface area contributed by atoms with Crippen molar-refractivity contribution in [3.63, 3.8) is 0 Å². The standard InChI is InChI=1S/C15H24N2O2S/c1-11-6-8-14(9-7-11)17-12(2)13-4-3-5-15(10-13)20(16,18)19/h3-5,10-12,14,17H,6-9H2,1-2H3,(H2,16,18,19). The quantitative estimate of drug-likeness (QED) is 0.897. The van der Waals surface area contributed by atoms with Gasteiger partial charge in [-0.3, -0.25) is 0 Å². The van der Waals surface area contributed by atoms with Gasteiger partial charge < -0.3 is 5.32 Å². The van der Waals surface area contributed by atoms with Crippen LogP contribution in [0.5, 0.6) is 0 Å².